The number of hydrogen-bond acceptors (Lipinski definition) is 4. The fraction of sp³-hybridized carbons (Fsp3) is 0.222. The summed E-state index contributed by atoms with van der Waals surface area (Å²) in [5.74, 6) is -0.825. The van der Waals surface area contributed by atoms with Crippen LogP contribution in [0.15, 0.2) is 18.2 Å². The number of halogens is 2. The second kappa shape index (κ2) is 5.19. The highest BCUT2D eigenvalue weighted by atomic mass is 19.3. The molecule has 0 fully saturated rings. The zero-order valence-electron chi connectivity index (χ0n) is 8.52. The zero-order valence-corrected chi connectivity index (χ0v) is 8.52. The van der Waals surface area contributed by atoms with Crippen LogP contribution >= 0.6 is 0 Å². The first-order valence-corrected chi connectivity index (χ1v) is 4.52. The van der Waals surface area contributed by atoms with Gasteiger partial charge in [0.2, 0.25) is 5.91 Å². The van der Waals surface area contributed by atoms with Gasteiger partial charge in [0.25, 0.3) is 12.1 Å². The number of amides is 1. The van der Waals surface area contributed by atoms with Crippen LogP contribution < -0.4 is 11.1 Å². The van der Waals surface area contributed by atoms with Crippen molar-refractivity contribution in [1.29, 1.82) is 0 Å². The number of nitrogens with zero attached hydrogens (tertiary/aromatic N) is 1. The summed E-state index contributed by atoms with van der Waals surface area (Å²) in [7, 11) is 0. The number of nitro benzene ring substituents is 1. The summed E-state index contributed by atoms with van der Waals surface area (Å²) < 4.78 is 23.9. The maximum Gasteiger partial charge on any atom is 0.293 e. The second-order valence-electron chi connectivity index (χ2n) is 3.13. The van der Waals surface area contributed by atoms with Crippen LogP contribution in [0.25, 0.3) is 0 Å². The molecule has 6 nitrogen and oxygen atoms in total. The second-order valence-corrected chi connectivity index (χ2v) is 3.13. The van der Waals surface area contributed by atoms with Gasteiger partial charge in [0.05, 0.1) is 11.5 Å². The van der Waals surface area contributed by atoms with Gasteiger partial charge in [0, 0.05) is 11.6 Å². The smallest absolute Gasteiger partial charge is 0.293 e. The number of carbonyl (C=O) groups excluding carboxylic acids is 1. The third-order valence-corrected chi connectivity index (χ3v) is 1.93. The molecule has 17 heavy (non-hydrogen) atoms. The van der Waals surface area contributed by atoms with Gasteiger partial charge in [-0.15, -0.1) is 0 Å². The van der Waals surface area contributed by atoms with Crippen LogP contribution in [-0.4, -0.2) is 23.8 Å². The number of benzene rings is 1. The van der Waals surface area contributed by atoms with Crippen molar-refractivity contribution in [3.05, 3.63) is 33.9 Å². The molecule has 0 unspecified atom stereocenters. The van der Waals surface area contributed by atoms with Gasteiger partial charge in [-0.3, -0.25) is 14.9 Å². The molecule has 0 saturated heterocycles. The molecular formula is C9H9F2N3O3. The van der Waals surface area contributed by atoms with Crippen LogP contribution in [0.2, 0.25) is 0 Å². The minimum absolute atomic E-state index is 0.0562. The van der Waals surface area contributed by atoms with E-state index in [0.717, 1.165) is 6.07 Å². The maximum atomic E-state index is 12.0. The van der Waals surface area contributed by atoms with Gasteiger partial charge in [-0.25, -0.2) is 8.78 Å². The number of nitrogens with one attached hydrogen (secondary N) is 1. The number of anilines is 1. The van der Waals surface area contributed by atoms with Gasteiger partial charge in [-0.1, -0.05) is 0 Å². The molecule has 1 aromatic carbocycles. The van der Waals surface area contributed by atoms with Gasteiger partial charge < -0.3 is 11.1 Å². The van der Waals surface area contributed by atoms with Gasteiger partial charge in [-0.05, 0) is 12.1 Å². The van der Waals surface area contributed by atoms with Crippen LogP contribution in [0.3, 0.4) is 0 Å². The quantitative estimate of drug-likeness (QED) is 0.604. The van der Waals surface area contributed by atoms with E-state index < -0.39 is 29.5 Å². The van der Waals surface area contributed by atoms with Crippen molar-refractivity contribution in [3.63, 3.8) is 0 Å². The number of nitro groups is 1. The molecule has 92 valence electrons. The van der Waals surface area contributed by atoms with E-state index in [2.05, 4.69) is 5.32 Å². The van der Waals surface area contributed by atoms with Crippen LogP contribution in [0.1, 0.15) is 10.4 Å². The number of carbonyl (C=O) groups is 1. The number of primary amides is 1. The van der Waals surface area contributed by atoms with E-state index in [-0.39, 0.29) is 11.3 Å². The zero-order chi connectivity index (χ0) is 13.0. The van der Waals surface area contributed by atoms with Crippen LogP contribution in [0.4, 0.5) is 20.2 Å². The Labute approximate surface area is 94.6 Å². The first kappa shape index (κ1) is 12.8. The summed E-state index contributed by atoms with van der Waals surface area (Å²) in [4.78, 5) is 20.7. The molecule has 1 amide bonds. The van der Waals surface area contributed by atoms with E-state index in [4.69, 9.17) is 5.73 Å². The third kappa shape index (κ3) is 3.37. The first-order chi connectivity index (χ1) is 7.91. The Hall–Kier alpha value is -2.25. The molecule has 0 atom stereocenters. The molecule has 0 radical (unpaired) electrons. The summed E-state index contributed by atoms with van der Waals surface area (Å²) in [6.07, 6.45) is -2.63. The maximum absolute atomic E-state index is 12.0. The van der Waals surface area contributed by atoms with Crippen molar-refractivity contribution in [1.82, 2.24) is 0 Å². The molecule has 0 aliphatic rings. The summed E-state index contributed by atoms with van der Waals surface area (Å²) in [5.41, 5.74) is 4.34. The molecule has 1 rings (SSSR count). The normalized spacial score (nSPS) is 10.3. The van der Waals surface area contributed by atoms with Gasteiger partial charge in [0.15, 0.2) is 0 Å². The number of hydrogen-bond donors (Lipinski definition) is 2. The lowest BCUT2D eigenvalue weighted by Gasteiger charge is -2.07. The molecular weight excluding hydrogens is 236 g/mol. The van der Waals surface area contributed by atoms with E-state index in [9.17, 15) is 23.7 Å². The van der Waals surface area contributed by atoms with Crippen LogP contribution in [0, 0.1) is 10.1 Å². The van der Waals surface area contributed by atoms with Gasteiger partial charge in [0.1, 0.15) is 5.69 Å². The SMILES string of the molecule is NC(=O)c1ccc(NCC(F)F)c([N+](=O)[O-])c1. The Morgan fingerprint density at radius 2 is 2.18 bits per heavy atom. The summed E-state index contributed by atoms with van der Waals surface area (Å²) in [6, 6.07) is 3.33. The minimum atomic E-state index is -2.63. The average Bonchev–Trinajstić information content (AvgIpc) is 2.25. The van der Waals surface area contributed by atoms with E-state index >= 15 is 0 Å². The van der Waals surface area contributed by atoms with Crippen LogP contribution in [-0.2, 0) is 0 Å². The van der Waals surface area contributed by atoms with Crippen LogP contribution in [0.5, 0.6) is 0 Å². The molecule has 0 aromatic heterocycles. The molecule has 0 saturated carbocycles. The fourth-order valence-corrected chi connectivity index (χ4v) is 1.17. The summed E-state index contributed by atoms with van der Waals surface area (Å²) in [6.45, 7) is -0.712. The Bertz CT molecular complexity index is 451. The predicted molar refractivity (Wildman–Crippen MR) is 56.1 cm³/mol. The molecule has 0 aliphatic heterocycles. The topological polar surface area (TPSA) is 98.3 Å². The molecule has 3 N–H and O–H groups in total. The lowest BCUT2D eigenvalue weighted by Crippen LogP contribution is -2.14. The Morgan fingerprint density at radius 1 is 1.53 bits per heavy atom. The first-order valence-electron chi connectivity index (χ1n) is 4.52. The molecule has 0 aliphatic carbocycles. The minimum Gasteiger partial charge on any atom is -0.374 e. The summed E-state index contributed by atoms with van der Waals surface area (Å²) >= 11 is 0. The van der Waals surface area contributed by atoms with Gasteiger partial charge in [-0.2, -0.15) is 0 Å². The number of rotatable bonds is 5. The van der Waals surface area contributed by atoms with E-state index in [1.807, 2.05) is 0 Å². The fourth-order valence-electron chi connectivity index (χ4n) is 1.17. The van der Waals surface area contributed by atoms with Crippen molar-refractivity contribution in [2.24, 2.45) is 5.73 Å². The standard InChI is InChI=1S/C9H9F2N3O3/c10-8(11)4-13-6-2-1-5(9(12)15)3-7(6)14(16)17/h1-3,8,13H,4H2,(H2,12,15). The van der Waals surface area contributed by atoms with E-state index in [0.29, 0.717) is 0 Å². The van der Waals surface area contributed by atoms with Crippen molar-refractivity contribution in [2.75, 3.05) is 11.9 Å². The Kier molecular flexibility index (Phi) is 3.91. The lowest BCUT2D eigenvalue weighted by molar-refractivity contribution is -0.384. The summed E-state index contributed by atoms with van der Waals surface area (Å²) in [5, 5.41) is 12.9. The molecule has 0 bridgehead atoms. The largest absolute Gasteiger partial charge is 0.374 e. The number of alkyl halides is 2. The van der Waals surface area contributed by atoms with Crippen molar-refractivity contribution < 1.29 is 18.5 Å². The molecule has 0 heterocycles. The number of nitrogens with two attached hydrogens (primary N) is 1. The van der Waals surface area contributed by atoms with Gasteiger partial charge >= 0.3 is 0 Å². The Balaban J connectivity index is 3.04. The van der Waals surface area contributed by atoms with Crippen molar-refractivity contribution >= 4 is 17.3 Å². The highest BCUT2D eigenvalue weighted by Crippen LogP contribution is 2.25. The highest BCUT2D eigenvalue weighted by molar-refractivity contribution is 5.94. The Morgan fingerprint density at radius 3 is 2.65 bits per heavy atom. The van der Waals surface area contributed by atoms with Crippen molar-refractivity contribution in [2.45, 2.75) is 6.43 Å². The van der Waals surface area contributed by atoms with E-state index in [1.54, 1.807) is 0 Å². The van der Waals surface area contributed by atoms with E-state index in [1.165, 1.54) is 12.1 Å². The third-order valence-electron chi connectivity index (χ3n) is 1.93. The molecule has 1 aromatic rings. The predicted octanol–water partition coefficient (Wildman–Crippen LogP) is 1.37. The molecule has 0 spiro atoms. The van der Waals surface area contributed by atoms with Crippen molar-refractivity contribution in [3.8, 4) is 0 Å². The molecule has 8 heteroatoms. The average molecular weight is 245 g/mol. The monoisotopic (exact) mass is 245 g/mol. The lowest BCUT2D eigenvalue weighted by atomic mass is 10.1. The highest BCUT2D eigenvalue weighted by Gasteiger charge is 2.17.